The minimum atomic E-state index is 0.838. The molecule has 0 fully saturated rings. The van der Waals surface area contributed by atoms with Crippen LogP contribution in [0.3, 0.4) is 0 Å². The third kappa shape index (κ3) is 3.27. The molecule has 3 nitrogen and oxygen atoms in total. The maximum absolute atomic E-state index is 4.79. The van der Waals surface area contributed by atoms with Crippen molar-refractivity contribution in [3.05, 3.63) is 52.6 Å². The van der Waals surface area contributed by atoms with Crippen molar-refractivity contribution in [2.45, 2.75) is 43.9 Å². The number of thioether (sulfide) groups is 1. The first-order valence-electron chi connectivity index (χ1n) is 7.54. The Labute approximate surface area is 130 Å². The van der Waals surface area contributed by atoms with Crippen LogP contribution in [0.4, 0.5) is 0 Å². The smallest absolute Gasteiger partial charge is 0.139 e. The van der Waals surface area contributed by atoms with E-state index in [1.807, 2.05) is 11.8 Å². The highest BCUT2D eigenvalue weighted by Gasteiger charge is 2.16. The number of hydrogen-bond acceptors (Lipinski definition) is 4. The molecule has 0 atom stereocenters. The second kappa shape index (κ2) is 6.58. The van der Waals surface area contributed by atoms with Gasteiger partial charge in [-0.1, -0.05) is 25.1 Å². The van der Waals surface area contributed by atoms with Crippen LogP contribution in [-0.2, 0) is 25.1 Å². The monoisotopic (exact) mass is 299 g/mol. The summed E-state index contributed by atoms with van der Waals surface area (Å²) in [5.41, 5.74) is 5.13. The van der Waals surface area contributed by atoms with Gasteiger partial charge in [0.1, 0.15) is 5.82 Å². The first-order valence-corrected chi connectivity index (χ1v) is 8.53. The Hall–Kier alpha value is -1.39. The van der Waals surface area contributed by atoms with Gasteiger partial charge < -0.3 is 5.32 Å². The quantitative estimate of drug-likeness (QED) is 0.879. The van der Waals surface area contributed by atoms with Crippen molar-refractivity contribution < 1.29 is 0 Å². The molecular formula is C17H21N3S. The molecule has 1 N–H and O–H groups in total. The zero-order valence-electron chi connectivity index (χ0n) is 12.6. The van der Waals surface area contributed by atoms with Crippen LogP contribution in [0.5, 0.6) is 0 Å². The number of aryl methyl sites for hydroxylation is 2. The van der Waals surface area contributed by atoms with Gasteiger partial charge in [0.25, 0.3) is 0 Å². The van der Waals surface area contributed by atoms with E-state index < -0.39 is 0 Å². The van der Waals surface area contributed by atoms with Crippen LogP contribution in [0.1, 0.15) is 35.3 Å². The number of nitrogens with zero attached hydrogens (tertiary/aromatic N) is 2. The average molecular weight is 299 g/mol. The molecule has 4 heteroatoms. The summed E-state index contributed by atoms with van der Waals surface area (Å²) in [6.45, 7) is 6.26. The lowest BCUT2D eigenvalue weighted by Crippen LogP contribution is -2.27. The van der Waals surface area contributed by atoms with E-state index in [4.69, 9.17) is 9.97 Å². The summed E-state index contributed by atoms with van der Waals surface area (Å²) < 4.78 is 0. The second-order valence-corrected chi connectivity index (χ2v) is 6.36. The highest BCUT2D eigenvalue weighted by atomic mass is 32.2. The number of hydrogen-bond donors (Lipinski definition) is 1. The van der Waals surface area contributed by atoms with Crippen molar-refractivity contribution >= 4 is 11.8 Å². The zero-order valence-corrected chi connectivity index (χ0v) is 13.5. The van der Waals surface area contributed by atoms with Crippen LogP contribution < -0.4 is 5.32 Å². The Morgan fingerprint density at radius 1 is 1.24 bits per heavy atom. The van der Waals surface area contributed by atoms with Gasteiger partial charge in [0.05, 0.1) is 11.4 Å². The minimum absolute atomic E-state index is 0.838. The number of nitrogens with one attached hydrogen (secondary N) is 1. The topological polar surface area (TPSA) is 37.8 Å². The third-order valence-electron chi connectivity index (χ3n) is 3.85. The normalized spacial score (nSPS) is 14.0. The Bertz CT molecular complexity index is 623. The Morgan fingerprint density at radius 2 is 2.10 bits per heavy atom. The fraction of sp³-hybridized carbons (Fsp3) is 0.412. The van der Waals surface area contributed by atoms with Gasteiger partial charge in [0.15, 0.2) is 0 Å². The molecule has 110 valence electrons. The molecule has 2 heterocycles. The zero-order chi connectivity index (χ0) is 14.7. The van der Waals surface area contributed by atoms with Crippen molar-refractivity contribution in [1.82, 2.24) is 15.3 Å². The first-order chi connectivity index (χ1) is 10.3. The molecule has 0 aliphatic carbocycles. The lowest BCUT2D eigenvalue weighted by atomic mass is 10.0. The average Bonchev–Trinajstić information content (AvgIpc) is 2.53. The van der Waals surface area contributed by atoms with Crippen molar-refractivity contribution in [2.75, 3.05) is 6.54 Å². The number of fused-ring (bicyclic) bond motifs is 1. The molecule has 0 radical (unpaired) electrons. The summed E-state index contributed by atoms with van der Waals surface area (Å²) in [5.74, 6) is 1.80. The van der Waals surface area contributed by atoms with E-state index in [-0.39, 0.29) is 0 Å². The van der Waals surface area contributed by atoms with Gasteiger partial charge in [-0.15, -0.1) is 11.8 Å². The molecule has 0 saturated carbocycles. The van der Waals surface area contributed by atoms with Crippen LogP contribution in [0.25, 0.3) is 0 Å². The molecule has 1 aromatic heterocycles. The van der Waals surface area contributed by atoms with Crippen LogP contribution in [0.2, 0.25) is 0 Å². The summed E-state index contributed by atoms with van der Waals surface area (Å²) in [4.78, 5) is 10.9. The predicted octanol–water partition coefficient (Wildman–Crippen LogP) is 3.29. The minimum Gasteiger partial charge on any atom is -0.311 e. The number of rotatable bonds is 4. The van der Waals surface area contributed by atoms with Crippen molar-refractivity contribution in [1.29, 1.82) is 0 Å². The van der Waals surface area contributed by atoms with Crippen molar-refractivity contribution in [3.8, 4) is 0 Å². The SMILES string of the molecule is CCc1nc(CSc2ccccc2C)nc2c1CCNC2. The van der Waals surface area contributed by atoms with Crippen molar-refractivity contribution in [3.63, 3.8) is 0 Å². The summed E-state index contributed by atoms with van der Waals surface area (Å²) in [5, 5.41) is 3.41. The van der Waals surface area contributed by atoms with Gasteiger partial charge >= 0.3 is 0 Å². The molecule has 0 spiro atoms. The summed E-state index contributed by atoms with van der Waals surface area (Å²) in [6, 6.07) is 8.48. The van der Waals surface area contributed by atoms with Gasteiger partial charge in [0, 0.05) is 17.1 Å². The van der Waals surface area contributed by atoms with E-state index in [1.54, 1.807) is 0 Å². The molecule has 0 amide bonds. The van der Waals surface area contributed by atoms with Crippen LogP contribution in [0.15, 0.2) is 29.2 Å². The Kier molecular flexibility index (Phi) is 4.56. The van der Waals surface area contributed by atoms with Crippen LogP contribution in [0, 0.1) is 6.92 Å². The highest BCUT2D eigenvalue weighted by molar-refractivity contribution is 7.98. The highest BCUT2D eigenvalue weighted by Crippen LogP contribution is 2.25. The number of aromatic nitrogens is 2. The standard InChI is InChI=1S/C17H21N3S/c1-3-14-13-8-9-18-10-15(13)20-17(19-14)11-21-16-7-5-4-6-12(16)2/h4-7,18H,3,8-11H2,1-2H3. The predicted molar refractivity (Wildman–Crippen MR) is 87.6 cm³/mol. The summed E-state index contributed by atoms with van der Waals surface area (Å²) >= 11 is 1.82. The molecule has 1 aromatic carbocycles. The van der Waals surface area contributed by atoms with E-state index >= 15 is 0 Å². The summed E-state index contributed by atoms with van der Waals surface area (Å²) in [6.07, 6.45) is 2.05. The molecule has 0 saturated heterocycles. The lowest BCUT2D eigenvalue weighted by Gasteiger charge is -2.19. The maximum atomic E-state index is 4.79. The van der Waals surface area contributed by atoms with Crippen molar-refractivity contribution in [2.24, 2.45) is 0 Å². The Morgan fingerprint density at radius 3 is 2.90 bits per heavy atom. The molecule has 0 bridgehead atoms. The molecule has 21 heavy (non-hydrogen) atoms. The van der Waals surface area contributed by atoms with Gasteiger partial charge in [-0.05, 0) is 43.5 Å². The fourth-order valence-corrected chi connectivity index (χ4v) is 3.59. The van der Waals surface area contributed by atoms with E-state index in [2.05, 4.69) is 43.4 Å². The van der Waals surface area contributed by atoms with E-state index in [0.29, 0.717) is 0 Å². The fourth-order valence-electron chi connectivity index (χ4n) is 2.71. The van der Waals surface area contributed by atoms with E-state index in [9.17, 15) is 0 Å². The lowest BCUT2D eigenvalue weighted by molar-refractivity contribution is 0.611. The van der Waals surface area contributed by atoms with Crippen LogP contribution >= 0.6 is 11.8 Å². The molecule has 2 aromatic rings. The van der Waals surface area contributed by atoms with E-state index in [1.165, 1.54) is 27.4 Å². The summed E-state index contributed by atoms with van der Waals surface area (Å²) in [7, 11) is 0. The number of benzene rings is 1. The third-order valence-corrected chi connectivity index (χ3v) is 5.03. The first kappa shape index (κ1) is 14.5. The molecular weight excluding hydrogens is 278 g/mol. The molecule has 0 unspecified atom stereocenters. The second-order valence-electron chi connectivity index (χ2n) is 5.35. The largest absolute Gasteiger partial charge is 0.311 e. The van der Waals surface area contributed by atoms with Gasteiger partial charge in [-0.2, -0.15) is 0 Å². The van der Waals surface area contributed by atoms with Crippen LogP contribution in [-0.4, -0.2) is 16.5 Å². The molecule has 1 aliphatic rings. The molecule has 1 aliphatic heterocycles. The van der Waals surface area contributed by atoms with Gasteiger partial charge in [-0.25, -0.2) is 9.97 Å². The van der Waals surface area contributed by atoms with Gasteiger partial charge in [0.2, 0.25) is 0 Å². The van der Waals surface area contributed by atoms with E-state index in [0.717, 1.165) is 37.5 Å². The Balaban J connectivity index is 1.81. The maximum Gasteiger partial charge on any atom is 0.139 e. The molecule has 3 rings (SSSR count). The van der Waals surface area contributed by atoms with Gasteiger partial charge in [-0.3, -0.25) is 0 Å².